The Kier molecular flexibility index (Phi) is 3.77. The third kappa shape index (κ3) is 2.76. The molecule has 2 fully saturated rings. The molecule has 1 aliphatic heterocycles. The lowest BCUT2D eigenvalue weighted by atomic mass is 9.78. The monoisotopic (exact) mass is 420 g/mol. The molecule has 7 nitrogen and oxygen atoms in total. The summed E-state index contributed by atoms with van der Waals surface area (Å²) in [5.41, 5.74) is 2.74. The highest BCUT2D eigenvalue weighted by Crippen LogP contribution is 2.55. The van der Waals surface area contributed by atoms with Crippen molar-refractivity contribution < 1.29 is 13.6 Å². The third-order valence-corrected chi connectivity index (χ3v) is 6.23. The van der Waals surface area contributed by atoms with E-state index in [1.165, 1.54) is 21.7 Å². The van der Waals surface area contributed by atoms with E-state index in [4.69, 9.17) is 0 Å². The molecule has 156 valence electrons. The van der Waals surface area contributed by atoms with Crippen LogP contribution in [0.5, 0.6) is 0 Å². The molecule has 31 heavy (non-hydrogen) atoms. The number of hydrogen-bond donors (Lipinski definition) is 1. The predicted octanol–water partition coefficient (Wildman–Crippen LogP) is 3.75. The van der Waals surface area contributed by atoms with Crippen molar-refractivity contribution in [1.29, 1.82) is 0 Å². The quantitative estimate of drug-likeness (QED) is 0.510. The number of aromatic amines is 1. The fourth-order valence-corrected chi connectivity index (χ4v) is 4.59. The second-order valence-corrected chi connectivity index (χ2v) is 8.25. The lowest BCUT2D eigenvalue weighted by Gasteiger charge is -2.48. The van der Waals surface area contributed by atoms with E-state index in [0.717, 1.165) is 23.9 Å². The number of aromatic nitrogens is 5. The summed E-state index contributed by atoms with van der Waals surface area (Å²) in [6.45, 7) is 0. The minimum Gasteiger partial charge on any atom is -0.345 e. The van der Waals surface area contributed by atoms with E-state index in [1.54, 1.807) is 37.8 Å². The molecule has 3 heterocycles. The van der Waals surface area contributed by atoms with Gasteiger partial charge in [0.1, 0.15) is 17.3 Å². The Labute approximate surface area is 175 Å². The molecule has 1 saturated heterocycles. The second-order valence-electron chi connectivity index (χ2n) is 8.25. The summed E-state index contributed by atoms with van der Waals surface area (Å²) >= 11 is 0. The van der Waals surface area contributed by atoms with E-state index in [9.17, 15) is 4.79 Å². The van der Waals surface area contributed by atoms with Crippen molar-refractivity contribution in [2.75, 3.05) is 4.90 Å². The summed E-state index contributed by atoms with van der Waals surface area (Å²) in [6.07, 6.45) is 4.98. The van der Waals surface area contributed by atoms with Gasteiger partial charge in [-0.2, -0.15) is 0 Å². The van der Waals surface area contributed by atoms with Crippen LogP contribution >= 0.6 is 0 Å². The smallest absolute Gasteiger partial charge is 0.233 e. The molecule has 0 unspecified atom stereocenters. The summed E-state index contributed by atoms with van der Waals surface area (Å²) in [7, 11) is 1.69. The Morgan fingerprint density at radius 3 is 2.58 bits per heavy atom. The first kappa shape index (κ1) is 18.2. The molecule has 9 heteroatoms. The van der Waals surface area contributed by atoms with Crippen LogP contribution in [0.25, 0.3) is 22.3 Å². The first-order chi connectivity index (χ1) is 15.0. The first-order valence-corrected chi connectivity index (χ1v) is 10.1. The van der Waals surface area contributed by atoms with E-state index in [0.29, 0.717) is 16.9 Å². The standard InChI is InChI=1S/C22H18F2N6O/c1-29-9-18(27-28-29)12-6-14(23)20(15(24)7-12)21-19(11-2-3-11)22(31)30(21)13-4-5-16-17(8-13)26-10-25-16/h4-11,19,21H,2-3H2,1H3,(H,25,26)/t19-,21-/m1/s1. The van der Waals surface area contributed by atoms with Crippen LogP contribution in [0.3, 0.4) is 0 Å². The Morgan fingerprint density at radius 2 is 1.90 bits per heavy atom. The number of hydrogen-bond acceptors (Lipinski definition) is 4. The molecule has 1 amide bonds. The molecule has 1 N–H and O–H groups in total. The fourth-order valence-electron chi connectivity index (χ4n) is 4.59. The van der Waals surface area contributed by atoms with Gasteiger partial charge in [-0.25, -0.2) is 13.8 Å². The van der Waals surface area contributed by atoms with Gasteiger partial charge in [-0.05, 0) is 49.1 Å². The number of nitrogens with zero attached hydrogens (tertiary/aromatic N) is 5. The molecule has 2 aromatic heterocycles. The van der Waals surface area contributed by atoms with Gasteiger partial charge in [-0.1, -0.05) is 5.21 Å². The molecular weight excluding hydrogens is 402 g/mol. The summed E-state index contributed by atoms with van der Waals surface area (Å²) in [5, 5.41) is 7.76. The van der Waals surface area contributed by atoms with Crippen molar-refractivity contribution in [1.82, 2.24) is 25.0 Å². The minimum atomic E-state index is -0.684. The molecule has 2 atom stereocenters. The molecule has 2 aliphatic rings. The van der Waals surface area contributed by atoms with Crippen molar-refractivity contribution in [3.05, 3.63) is 60.1 Å². The van der Waals surface area contributed by atoms with Gasteiger partial charge in [0, 0.05) is 23.9 Å². The van der Waals surface area contributed by atoms with Crippen LogP contribution in [-0.4, -0.2) is 30.9 Å². The number of aryl methyl sites for hydroxylation is 1. The Morgan fingerprint density at radius 1 is 1.13 bits per heavy atom. The number of carbonyl (C=O) groups excluding carboxylic acids is 1. The number of imidazole rings is 1. The van der Waals surface area contributed by atoms with Crippen LogP contribution in [0.15, 0.2) is 42.9 Å². The lowest BCUT2D eigenvalue weighted by Crippen LogP contribution is -2.56. The number of H-pyrrole nitrogens is 1. The van der Waals surface area contributed by atoms with Gasteiger partial charge in [0.2, 0.25) is 5.91 Å². The number of rotatable bonds is 4. The molecular formula is C22H18F2N6O. The Hall–Kier alpha value is -3.62. The number of β-lactam (4-membered cyclic amide) rings is 1. The molecule has 0 radical (unpaired) electrons. The molecule has 1 saturated carbocycles. The lowest BCUT2D eigenvalue weighted by molar-refractivity contribution is -0.131. The first-order valence-electron chi connectivity index (χ1n) is 10.1. The summed E-state index contributed by atoms with van der Waals surface area (Å²) in [5.74, 6) is -1.71. The van der Waals surface area contributed by atoms with E-state index in [-0.39, 0.29) is 17.4 Å². The normalized spacial score (nSPS) is 21.0. The highest BCUT2D eigenvalue weighted by atomic mass is 19.1. The fraction of sp³-hybridized carbons (Fsp3) is 0.273. The average molecular weight is 420 g/mol. The Bertz CT molecular complexity index is 1320. The highest BCUT2D eigenvalue weighted by molar-refractivity contribution is 6.04. The molecule has 0 bridgehead atoms. The van der Waals surface area contributed by atoms with E-state index >= 15 is 8.78 Å². The highest BCUT2D eigenvalue weighted by Gasteiger charge is 2.56. The number of halogens is 2. The Balaban J connectivity index is 1.44. The number of carbonyl (C=O) groups is 1. The van der Waals surface area contributed by atoms with Gasteiger partial charge >= 0.3 is 0 Å². The van der Waals surface area contributed by atoms with Crippen LogP contribution in [-0.2, 0) is 11.8 Å². The van der Waals surface area contributed by atoms with Crippen LogP contribution in [0.2, 0.25) is 0 Å². The van der Waals surface area contributed by atoms with Crippen LogP contribution < -0.4 is 4.90 Å². The summed E-state index contributed by atoms with van der Waals surface area (Å²) < 4.78 is 32.1. The maximum Gasteiger partial charge on any atom is 0.233 e. The van der Waals surface area contributed by atoms with E-state index in [1.807, 2.05) is 0 Å². The predicted molar refractivity (Wildman–Crippen MR) is 109 cm³/mol. The van der Waals surface area contributed by atoms with E-state index in [2.05, 4.69) is 20.3 Å². The van der Waals surface area contributed by atoms with Gasteiger partial charge in [0.25, 0.3) is 0 Å². The number of amides is 1. The van der Waals surface area contributed by atoms with Gasteiger partial charge < -0.3 is 9.88 Å². The topological polar surface area (TPSA) is 79.7 Å². The zero-order valence-electron chi connectivity index (χ0n) is 16.6. The maximum atomic E-state index is 15.3. The largest absolute Gasteiger partial charge is 0.345 e. The van der Waals surface area contributed by atoms with Crippen molar-refractivity contribution in [3.63, 3.8) is 0 Å². The maximum absolute atomic E-state index is 15.3. The van der Waals surface area contributed by atoms with Crippen molar-refractivity contribution >= 4 is 22.6 Å². The van der Waals surface area contributed by atoms with Gasteiger partial charge in [-0.3, -0.25) is 9.48 Å². The summed E-state index contributed by atoms with van der Waals surface area (Å²) in [6, 6.07) is 7.20. The second kappa shape index (κ2) is 6.44. The van der Waals surface area contributed by atoms with Gasteiger partial charge in [0.05, 0.1) is 35.5 Å². The number of fused-ring (bicyclic) bond motifs is 1. The van der Waals surface area contributed by atoms with Crippen LogP contribution in [0.1, 0.15) is 24.4 Å². The SMILES string of the molecule is Cn1cc(-c2cc(F)c([C@H]3[C@@H](C4CC4)C(=O)N3c3ccc4nc[nH]c4c3)c(F)c2)nn1. The molecule has 6 rings (SSSR count). The number of benzene rings is 2. The molecule has 1 aliphatic carbocycles. The van der Waals surface area contributed by atoms with Crippen molar-refractivity contribution in [2.45, 2.75) is 18.9 Å². The zero-order valence-corrected chi connectivity index (χ0v) is 16.6. The van der Waals surface area contributed by atoms with Gasteiger partial charge in [-0.15, -0.1) is 5.10 Å². The number of nitrogens with one attached hydrogen (secondary N) is 1. The summed E-state index contributed by atoms with van der Waals surface area (Å²) in [4.78, 5) is 21.8. The minimum absolute atomic E-state index is 0.0751. The zero-order chi connectivity index (χ0) is 21.3. The van der Waals surface area contributed by atoms with Gasteiger partial charge in [0.15, 0.2) is 0 Å². The van der Waals surface area contributed by atoms with Crippen molar-refractivity contribution in [2.24, 2.45) is 18.9 Å². The molecule has 0 spiro atoms. The third-order valence-electron chi connectivity index (χ3n) is 6.23. The van der Waals surface area contributed by atoms with Crippen LogP contribution in [0.4, 0.5) is 14.5 Å². The molecule has 2 aromatic carbocycles. The van der Waals surface area contributed by atoms with Crippen LogP contribution in [0, 0.1) is 23.5 Å². The average Bonchev–Trinajstić information content (AvgIpc) is 3.26. The van der Waals surface area contributed by atoms with E-state index < -0.39 is 23.6 Å². The number of anilines is 1. The van der Waals surface area contributed by atoms with Crippen molar-refractivity contribution in [3.8, 4) is 11.3 Å². The molecule has 4 aromatic rings.